The molecular weight excluding hydrogens is 309 g/mol. The van der Waals surface area contributed by atoms with Gasteiger partial charge in [-0.3, -0.25) is 0 Å². The number of ether oxygens (including phenoxy) is 1. The number of nitrogens with one attached hydrogen (secondary N) is 1. The van der Waals surface area contributed by atoms with Gasteiger partial charge in [-0.05, 0) is 49.9 Å². The van der Waals surface area contributed by atoms with E-state index in [0.29, 0.717) is 29.9 Å². The minimum Gasteiger partial charge on any atom is -0.465 e. The number of nitrogens with zero attached hydrogens (tertiary/aromatic N) is 2. The monoisotopic (exact) mass is 329 g/mol. The fourth-order valence-corrected chi connectivity index (χ4v) is 2.89. The van der Waals surface area contributed by atoms with Crippen molar-refractivity contribution in [3.8, 4) is 0 Å². The summed E-state index contributed by atoms with van der Waals surface area (Å²) in [7, 11) is 1.35. The number of esters is 1. The topological polar surface area (TPSA) is 64.1 Å². The molecule has 126 valence electrons. The van der Waals surface area contributed by atoms with Gasteiger partial charge < -0.3 is 10.1 Å². The minimum absolute atomic E-state index is 0.140. The summed E-state index contributed by atoms with van der Waals surface area (Å²) in [5.41, 5.74) is 2.05. The number of hydrogen-bond donors (Lipinski definition) is 1. The summed E-state index contributed by atoms with van der Waals surface area (Å²) >= 11 is 0. The fourth-order valence-electron chi connectivity index (χ4n) is 2.89. The van der Waals surface area contributed by atoms with Gasteiger partial charge in [-0.2, -0.15) is 0 Å². The van der Waals surface area contributed by atoms with Crippen LogP contribution in [-0.4, -0.2) is 29.6 Å². The molecule has 1 aromatic carbocycles. The number of carbonyl (C=O) groups excluding carboxylic acids is 1. The van der Waals surface area contributed by atoms with Gasteiger partial charge in [0.25, 0.3) is 0 Å². The summed E-state index contributed by atoms with van der Waals surface area (Å²) < 4.78 is 17.8. The van der Waals surface area contributed by atoms with Crippen molar-refractivity contribution in [3.05, 3.63) is 58.9 Å². The number of aromatic nitrogens is 2. The molecule has 1 atom stereocenters. The summed E-state index contributed by atoms with van der Waals surface area (Å²) in [4.78, 5) is 20.9. The van der Waals surface area contributed by atoms with Gasteiger partial charge in [0.2, 0.25) is 0 Å². The Bertz CT molecular complexity index is 713. The first-order chi connectivity index (χ1) is 11.7. The molecule has 0 aliphatic carbocycles. The highest BCUT2D eigenvalue weighted by Crippen LogP contribution is 2.21. The molecule has 2 aromatic rings. The third-order valence-electron chi connectivity index (χ3n) is 4.23. The van der Waals surface area contributed by atoms with E-state index in [1.54, 1.807) is 18.3 Å². The molecule has 1 fully saturated rings. The van der Waals surface area contributed by atoms with E-state index >= 15 is 0 Å². The molecule has 1 N–H and O–H groups in total. The highest BCUT2D eigenvalue weighted by atomic mass is 19.1. The van der Waals surface area contributed by atoms with Gasteiger partial charge in [-0.1, -0.05) is 12.1 Å². The number of aryl methyl sites for hydroxylation is 2. The Balaban J connectivity index is 1.82. The van der Waals surface area contributed by atoms with Crippen LogP contribution in [0.15, 0.2) is 30.5 Å². The molecule has 1 aromatic heterocycles. The zero-order chi connectivity index (χ0) is 16.9. The van der Waals surface area contributed by atoms with E-state index in [-0.39, 0.29) is 11.9 Å². The third-order valence-corrected chi connectivity index (χ3v) is 4.23. The molecule has 3 rings (SSSR count). The summed E-state index contributed by atoms with van der Waals surface area (Å²) in [6, 6.07) is 6.50. The van der Waals surface area contributed by atoms with E-state index in [4.69, 9.17) is 4.74 Å². The van der Waals surface area contributed by atoms with Gasteiger partial charge >= 0.3 is 5.97 Å². The van der Waals surface area contributed by atoms with Crippen molar-refractivity contribution in [1.29, 1.82) is 0 Å². The second-order valence-electron chi connectivity index (χ2n) is 5.86. The van der Waals surface area contributed by atoms with Crippen LogP contribution < -0.4 is 5.32 Å². The second-order valence-corrected chi connectivity index (χ2v) is 5.86. The van der Waals surface area contributed by atoms with Gasteiger partial charge in [-0.25, -0.2) is 19.2 Å². The summed E-state index contributed by atoms with van der Waals surface area (Å²) in [5, 5.41) is 3.36. The van der Waals surface area contributed by atoms with Crippen molar-refractivity contribution in [3.63, 3.8) is 0 Å². The highest BCUT2D eigenvalue weighted by molar-refractivity contribution is 5.90. The standard InChI is InChI=1S/C18H20FN3O2/c1-24-18(23)14-11-21-17(16-3-2-10-20-16)22-15(14)9-6-12-4-7-13(19)8-5-12/h4-5,7-8,11,16,20H,2-3,6,9-10H2,1H3. The molecular formula is C18H20FN3O2. The van der Waals surface area contributed by atoms with Crippen LogP contribution in [0, 0.1) is 5.82 Å². The Kier molecular flexibility index (Phi) is 5.15. The first kappa shape index (κ1) is 16.5. The molecule has 24 heavy (non-hydrogen) atoms. The highest BCUT2D eigenvalue weighted by Gasteiger charge is 2.22. The van der Waals surface area contributed by atoms with E-state index in [1.807, 2.05) is 0 Å². The Morgan fingerprint density at radius 1 is 1.33 bits per heavy atom. The maximum atomic E-state index is 13.0. The normalized spacial score (nSPS) is 17.0. The van der Waals surface area contributed by atoms with Crippen LogP contribution in [0.2, 0.25) is 0 Å². The van der Waals surface area contributed by atoms with Gasteiger partial charge in [0.1, 0.15) is 11.6 Å². The molecule has 0 spiro atoms. The molecule has 1 aliphatic heterocycles. The lowest BCUT2D eigenvalue weighted by molar-refractivity contribution is 0.0598. The SMILES string of the molecule is COC(=O)c1cnc(C2CCCN2)nc1CCc1ccc(F)cc1. The van der Waals surface area contributed by atoms with E-state index in [1.165, 1.54) is 19.2 Å². The summed E-state index contributed by atoms with van der Waals surface area (Å²) in [6.07, 6.45) is 4.87. The molecule has 0 bridgehead atoms. The smallest absolute Gasteiger partial charge is 0.341 e. The van der Waals surface area contributed by atoms with Crippen molar-refractivity contribution in [2.45, 2.75) is 31.7 Å². The van der Waals surface area contributed by atoms with Crippen LogP contribution >= 0.6 is 0 Å². The van der Waals surface area contributed by atoms with Gasteiger partial charge in [-0.15, -0.1) is 0 Å². The van der Waals surface area contributed by atoms with E-state index < -0.39 is 5.97 Å². The second kappa shape index (κ2) is 7.49. The summed E-state index contributed by atoms with van der Waals surface area (Å²) in [5.74, 6) is 0.0231. The Labute approximate surface area is 140 Å². The summed E-state index contributed by atoms with van der Waals surface area (Å²) in [6.45, 7) is 0.956. The number of benzene rings is 1. The quantitative estimate of drug-likeness (QED) is 0.854. The number of rotatable bonds is 5. The van der Waals surface area contributed by atoms with E-state index in [2.05, 4.69) is 15.3 Å². The maximum Gasteiger partial charge on any atom is 0.341 e. The lowest BCUT2D eigenvalue weighted by Gasteiger charge is -2.13. The average Bonchev–Trinajstić information content (AvgIpc) is 3.15. The van der Waals surface area contributed by atoms with Crippen molar-refractivity contribution in [2.24, 2.45) is 0 Å². The largest absolute Gasteiger partial charge is 0.465 e. The zero-order valence-electron chi connectivity index (χ0n) is 13.6. The van der Waals surface area contributed by atoms with Crippen LogP contribution in [0.4, 0.5) is 4.39 Å². The van der Waals surface area contributed by atoms with Crippen molar-refractivity contribution >= 4 is 5.97 Å². The lowest BCUT2D eigenvalue weighted by Crippen LogP contribution is -2.19. The predicted octanol–water partition coefficient (Wildman–Crippen LogP) is 2.61. The Morgan fingerprint density at radius 3 is 2.79 bits per heavy atom. The fraction of sp³-hybridized carbons (Fsp3) is 0.389. The molecule has 0 saturated carbocycles. The van der Waals surface area contributed by atoms with Crippen LogP contribution in [0.25, 0.3) is 0 Å². The number of hydrogen-bond acceptors (Lipinski definition) is 5. The zero-order valence-corrected chi connectivity index (χ0v) is 13.6. The van der Waals surface area contributed by atoms with E-state index in [0.717, 1.165) is 24.9 Å². The molecule has 5 nitrogen and oxygen atoms in total. The molecule has 0 radical (unpaired) electrons. The minimum atomic E-state index is -0.435. The number of halogens is 1. The average molecular weight is 329 g/mol. The number of carbonyl (C=O) groups is 1. The van der Waals surface area contributed by atoms with Crippen LogP contribution in [0.1, 0.15) is 46.3 Å². The molecule has 6 heteroatoms. The molecule has 0 amide bonds. The van der Waals surface area contributed by atoms with Crippen molar-refractivity contribution in [2.75, 3.05) is 13.7 Å². The molecule has 1 aliphatic rings. The maximum absolute atomic E-state index is 13.0. The number of methoxy groups -OCH3 is 1. The van der Waals surface area contributed by atoms with Gasteiger partial charge in [0, 0.05) is 6.20 Å². The van der Waals surface area contributed by atoms with Gasteiger partial charge in [0.05, 0.1) is 24.4 Å². The molecule has 1 unspecified atom stereocenters. The van der Waals surface area contributed by atoms with Crippen molar-refractivity contribution in [1.82, 2.24) is 15.3 Å². The predicted molar refractivity (Wildman–Crippen MR) is 87.2 cm³/mol. The van der Waals surface area contributed by atoms with Crippen LogP contribution in [-0.2, 0) is 17.6 Å². The van der Waals surface area contributed by atoms with Crippen LogP contribution in [0.5, 0.6) is 0 Å². The first-order valence-electron chi connectivity index (χ1n) is 8.09. The molecule has 2 heterocycles. The Morgan fingerprint density at radius 2 is 2.12 bits per heavy atom. The van der Waals surface area contributed by atoms with Crippen LogP contribution in [0.3, 0.4) is 0 Å². The van der Waals surface area contributed by atoms with Gasteiger partial charge in [0.15, 0.2) is 0 Å². The third kappa shape index (κ3) is 3.76. The van der Waals surface area contributed by atoms with E-state index in [9.17, 15) is 9.18 Å². The first-order valence-corrected chi connectivity index (χ1v) is 8.09. The Hall–Kier alpha value is -2.34. The lowest BCUT2D eigenvalue weighted by atomic mass is 10.0. The molecule has 1 saturated heterocycles. The van der Waals surface area contributed by atoms with Crippen molar-refractivity contribution < 1.29 is 13.9 Å².